The third-order valence-corrected chi connectivity index (χ3v) is 3.48. The lowest BCUT2D eigenvalue weighted by Crippen LogP contribution is -2.28. The summed E-state index contributed by atoms with van der Waals surface area (Å²) in [5.74, 6) is -0.866. The fourth-order valence-corrected chi connectivity index (χ4v) is 2.37. The molecule has 0 aliphatic carbocycles. The van der Waals surface area contributed by atoms with Crippen LogP contribution in [0.2, 0.25) is 0 Å². The molecule has 0 aliphatic heterocycles. The summed E-state index contributed by atoms with van der Waals surface area (Å²) >= 11 is 0. The normalized spacial score (nSPS) is 10.7. The molecule has 0 saturated heterocycles. The van der Waals surface area contributed by atoms with Gasteiger partial charge in [-0.05, 0) is 36.8 Å². The second-order valence-corrected chi connectivity index (χ2v) is 5.21. The summed E-state index contributed by atoms with van der Waals surface area (Å²) in [6.07, 6.45) is 1.35. The van der Waals surface area contributed by atoms with Gasteiger partial charge < -0.3 is 5.32 Å². The van der Waals surface area contributed by atoms with Crippen molar-refractivity contribution in [3.05, 3.63) is 70.5 Å². The number of amides is 1. The van der Waals surface area contributed by atoms with Gasteiger partial charge in [0.25, 0.3) is 5.56 Å². The van der Waals surface area contributed by atoms with E-state index in [0.29, 0.717) is 16.6 Å². The first-order valence-electron chi connectivity index (χ1n) is 7.05. The Morgan fingerprint density at radius 2 is 2.04 bits per heavy atom. The highest BCUT2D eigenvalue weighted by atomic mass is 19.1. The van der Waals surface area contributed by atoms with Gasteiger partial charge in [-0.25, -0.2) is 9.37 Å². The monoisotopic (exact) mass is 311 g/mol. The van der Waals surface area contributed by atoms with Gasteiger partial charge in [-0.2, -0.15) is 0 Å². The second-order valence-electron chi connectivity index (χ2n) is 5.21. The van der Waals surface area contributed by atoms with Crippen molar-refractivity contribution in [1.82, 2.24) is 9.55 Å². The Labute approximate surface area is 131 Å². The summed E-state index contributed by atoms with van der Waals surface area (Å²) in [4.78, 5) is 28.7. The molecular formula is C17H14FN3O2. The maximum Gasteiger partial charge on any atom is 0.261 e. The number of rotatable bonds is 3. The molecule has 116 valence electrons. The molecule has 1 amide bonds. The van der Waals surface area contributed by atoms with Crippen LogP contribution in [0.4, 0.5) is 10.1 Å². The number of aromatic nitrogens is 2. The molecule has 3 rings (SSSR count). The van der Waals surface area contributed by atoms with Crippen LogP contribution in [0.5, 0.6) is 0 Å². The van der Waals surface area contributed by atoms with Crippen molar-refractivity contribution in [2.75, 3.05) is 5.32 Å². The minimum Gasteiger partial charge on any atom is -0.324 e. The molecule has 0 aliphatic rings. The fourth-order valence-electron chi connectivity index (χ4n) is 2.37. The zero-order valence-electron chi connectivity index (χ0n) is 12.4. The lowest BCUT2D eigenvalue weighted by Gasteiger charge is -2.08. The van der Waals surface area contributed by atoms with E-state index >= 15 is 0 Å². The minimum atomic E-state index is -0.442. The number of hydrogen-bond donors (Lipinski definition) is 1. The molecule has 0 spiro atoms. The zero-order chi connectivity index (χ0) is 16.4. The van der Waals surface area contributed by atoms with Crippen LogP contribution in [0.3, 0.4) is 0 Å². The second kappa shape index (κ2) is 6.00. The van der Waals surface area contributed by atoms with Crippen molar-refractivity contribution >= 4 is 22.5 Å². The first-order chi connectivity index (χ1) is 11.0. The minimum absolute atomic E-state index is 0.188. The number of carbonyl (C=O) groups is 1. The number of anilines is 1. The lowest BCUT2D eigenvalue weighted by molar-refractivity contribution is -0.116. The maximum atomic E-state index is 13.1. The molecule has 1 heterocycles. The topological polar surface area (TPSA) is 64.0 Å². The Hall–Kier alpha value is -3.02. The molecule has 6 heteroatoms. The number of fused-ring (bicyclic) bond motifs is 1. The average molecular weight is 311 g/mol. The number of carbonyl (C=O) groups excluding carboxylic acids is 1. The number of para-hydroxylation sites is 1. The van der Waals surface area contributed by atoms with Crippen LogP contribution in [-0.2, 0) is 11.3 Å². The summed E-state index contributed by atoms with van der Waals surface area (Å²) in [7, 11) is 0. The van der Waals surface area contributed by atoms with Gasteiger partial charge in [-0.3, -0.25) is 14.2 Å². The number of aryl methyl sites for hydroxylation is 1. The molecule has 23 heavy (non-hydrogen) atoms. The summed E-state index contributed by atoms with van der Waals surface area (Å²) in [5.41, 5.74) is 1.58. The van der Waals surface area contributed by atoms with E-state index in [-0.39, 0.29) is 12.1 Å². The highest BCUT2D eigenvalue weighted by molar-refractivity contribution is 5.90. The SMILES string of the molecule is Cc1cccc2c(=O)n(CC(=O)Nc3cccc(F)c3)cnc12. The predicted molar refractivity (Wildman–Crippen MR) is 85.8 cm³/mol. The number of halogens is 1. The summed E-state index contributed by atoms with van der Waals surface area (Å²) < 4.78 is 14.3. The van der Waals surface area contributed by atoms with Crippen LogP contribution in [0, 0.1) is 12.7 Å². The Bertz CT molecular complexity index is 950. The average Bonchev–Trinajstić information content (AvgIpc) is 2.51. The zero-order valence-corrected chi connectivity index (χ0v) is 12.4. The molecule has 0 bridgehead atoms. The van der Waals surface area contributed by atoms with Gasteiger partial charge in [-0.1, -0.05) is 18.2 Å². The lowest BCUT2D eigenvalue weighted by atomic mass is 10.1. The standard InChI is InChI=1S/C17H14FN3O2/c1-11-4-2-7-14-16(11)19-10-21(17(14)23)9-15(22)20-13-6-3-5-12(18)8-13/h2-8,10H,9H2,1H3,(H,20,22). The fraction of sp³-hybridized carbons (Fsp3) is 0.118. The molecule has 0 saturated carbocycles. The molecule has 2 aromatic carbocycles. The maximum absolute atomic E-state index is 13.1. The highest BCUT2D eigenvalue weighted by Crippen LogP contribution is 2.12. The van der Waals surface area contributed by atoms with E-state index in [4.69, 9.17) is 0 Å². The molecule has 0 unspecified atom stereocenters. The van der Waals surface area contributed by atoms with Gasteiger partial charge >= 0.3 is 0 Å². The van der Waals surface area contributed by atoms with Crippen molar-refractivity contribution < 1.29 is 9.18 Å². The first-order valence-corrected chi connectivity index (χ1v) is 7.05. The van der Waals surface area contributed by atoms with Crippen molar-refractivity contribution in [3.8, 4) is 0 Å². The van der Waals surface area contributed by atoms with E-state index in [0.717, 1.165) is 5.56 Å². The first kappa shape index (κ1) is 14.9. The van der Waals surface area contributed by atoms with Crippen LogP contribution in [-0.4, -0.2) is 15.5 Å². The van der Waals surface area contributed by atoms with Crippen molar-refractivity contribution in [2.24, 2.45) is 0 Å². The van der Waals surface area contributed by atoms with E-state index in [1.54, 1.807) is 18.2 Å². The van der Waals surface area contributed by atoms with Crippen LogP contribution >= 0.6 is 0 Å². The van der Waals surface area contributed by atoms with Gasteiger partial charge in [0.2, 0.25) is 5.91 Å². The quantitative estimate of drug-likeness (QED) is 0.808. The third kappa shape index (κ3) is 3.11. The number of nitrogens with zero attached hydrogens (tertiary/aromatic N) is 2. The van der Waals surface area contributed by atoms with Gasteiger partial charge in [0.15, 0.2) is 0 Å². The molecule has 1 aromatic heterocycles. The van der Waals surface area contributed by atoms with Gasteiger partial charge in [0.05, 0.1) is 17.2 Å². The highest BCUT2D eigenvalue weighted by Gasteiger charge is 2.09. The molecule has 3 aromatic rings. The van der Waals surface area contributed by atoms with Gasteiger partial charge in [0.1, 0.15) is 12.4 Å². The number of nitrogens with one attached hydrogen (secondary N) is 1. The summed E-state index contributed by atoms with van der Waals surface area (Å²) in [6.45, 7) is 1.68. The van der Waals surface area contributed by atoms with Crippen LogP contribution in [0.15, 0.2) is 53.6 Å². The third-order valence-electron chi connectivity index (χ3n) is 3.48. The van der Waals surface area contributed by atoms with Crippen molar-refractivity contribution in [3.63, 3.8) is 0 Å². The summed E-state index contributed by atoms with van der Waals surface area (Å²) in [5, 5.41) is 3.02. The summed E-state index contributed by atoms with van der Waals surface area (Å²) in [6, 6.07) is 10.9. The Morgan fingerprint density at radius 1 is 1.26 bits per heavy atom. The van der Waals surface area contributed by atoms with E-state index in [1.165, 1.54) is 29.1 Å². The van der Waals surface area contributed by atoms with Crippen molar-refractivity contribution in [2.45, 2.75) is 13.5 Å². The predicted octanol–water partition coefficient (Wildman–Crippen LogP) is 2.48. The molecule has 0 atom stereocenters. The van der Waals surface area contributed by atoms with E-state index < -0.39 is 11.7 Å². The Morgan fingerprint density at radius 3 is 2.83 bits per heavy atom. The number of hydrogen-bond acceptors (Lipinski definition) is 3. The van der Waals surface area contributed by atoms with Crippen LogP contribution in [0.1, 0.15) is 5.56 Å². The Kier molecular flexibility index (Phi) is 3.89. The van der Waals surface area contributed by atoms with Crippen LogP contribution in [0.25, 0.3) is 10.9 Å². The van der Waals surface area contributed by atoms with Crippen molar-refractivity contribution in [1.29, 1.82) is 0 Å². The van der Waals surface area contributed by atoms with Crippen LogP contribution < -0.4 is 10.9 Å². The Balaban J connectivity index is 1.85. The molecule has 0 radical (unpaired) electrons. The van der Waals surface area contributed by atoms with Gasteiger partial charge in [0, 0.05) is 5.69 Å². The molecular weight excluding hydrogens is 297 g/mol. The molecule has 0 fully saturated rings. The molecule has 1 N–H and O–H groups in total. The van der Waals surface area contributed by atoms with E-state index in [2.05, 4.69) is 10.3 Å². The smallest absolute Gasteiger partial charge is 0.261 e. The van der Waals surface area contributed by atoms with Gasteiger partial charge in [-0.15, -0.1) is 0 Å². The van der Waals surface area contributed by atoms with E-state index in [1.807, 2.05) is 13.0 Å². The largest absolute Gasteiger partial charge is 0.324 e. The van der Waals surface area contributed by atoms with E-state index in [9.17, 15) is 14.0 Å². The molecule has 5 nitrogen and oxygen atoms in total. The number of benzene rings is 2.